The van der Waals surface area contributed by atoms with Gasteiger partial charge >= 0.3 is 0 Å². The Morgan fingerprint density at radius 2 is 1.75 bits per heavy atom. The summed E-state index contributed by atoms with van der Waals surface area (Å²) in [5.74, 6) is -0.318. The van der Waals surface area contributed by atoms with Crippen LogP contribution in [0.25, 0.3) is 0 Å². The first-order valence-electron chi connectivity index (χ1n) is 7.31. The van der Waals surface area contributed by atoms with Gasteiger partial charge in [0.15, 0.2) is 0 Å². The molecule has 1 amide bonds. The van der Waals surface area contributed by atoms with Crippen LogP contribution >= 0.6 is 15.9 Å². The van der Waals surface area contributed by atoms with Gasteiger partial charge < -0.3 is 5.32 Å². The van der Waals surface area contributed by atoms with E-state index in [0.29, 0.717) is 5.56 Å². The lowest BCUT2D eigenvalue weighted by atomic mass is 10.1. The lowest BCUT2D eigenvalue weighted by molar-refractivity contribution is 0.0939. The van der Waals surface area contributed by atoms with Crippen LogP contribution in [0.15, 0.2) is 57.9 Å². The summed E-state index contributed by atoms with van der Waals surface area (Å²) in [5, 5.41) is 2.88. The monoisotopic (exact) mass is 410 g/mol. The Morgan fingerprint density at radius 3 is 2.33 bits per heavy atom. The van der Waals surface area contributed by atoms with Gasteiger partial charge in [-0.05, 0) is 42.8 Å². The molecule has 0 aliphatic rings. The fraction of sp³-hybridized carbons (Fsp3) is 0.235. The maximum atomic E-state index is 12.4. The van der Waals surface area contributed by atoms with Gasteiger partial charge in [0.25, 0.3) is 5.91 Å². The normalized spacial score (nSPS) is 12.9. The zero-order chi connectivity index (χ0) is 17.9. The maximum absolute atomic E-state index is 12.4. The zero-order valence-electron chi connectivity index (χ0n) is 13.7. The first-order chi connectivity index (χ1) is 11.2. The summed E-state index contributed by atoms with van der Waals surface area (Å²) in [7, 11) is -0.658. The standard InChI is InChI=1S/C17H19BrN2O3S/c1-12(13-7-9-15(18)10-8-13)19-17(21)14-5-4-6-16(11-14)24(22,23)20(2)3/h4-12H,1-3H3,(H,19,21). The fourth-order valence-electron chi connectivity index (χ4n) is 2.12. The zero-order valence-corrected chi connectivity index (χ0v) is 16.1. The molecular formula is C17H19BrN2O3S. The Balaban J connectivity index is 2.20. The number of halogens is 1. The molecule has 0 saturated heterocycles. The molecule has 2 aromatic rings. The lowest BCUT2D eigenvalue weighted by Gasteiger charge is -2.16. The van der Waals surface area contributed by atoms with Crippen LogP contribution < -0.4 is 5.32 Å². The highest BCUT2D eigenvalue weighted by Gasteiger charge is 2.19. The molecule has 0 radical (unpaired) electrons. The van der Waals surface area contributed by atoms with Gasteiger partial charge in [0.2, 0.25) is 10.0 Å². The topological polar surface area (TPSA) is 66.5 Å². The Morgan fingerprint density at radius 1 is 1.12 bits per heavy atom. The van der Waals surface area contributed by atoms with Crippen molar-refractivity contribution >= 4 is 31.9 Å². The summed E-state index contributed by atoms with van der Waals surface area (Å²) in [4.78, 5) is 12.5. The summed E-state index contributed by atoms with van der Waals surface area (Å²) in [6, 6.07) is 13.5. The molecule has 1 atom stereocenters. The molecule has 0 aromatic heterocycles. The largest absolute Gasteiger partial charge is 0.346 e. The molecule has 0 aliphatic heterocycles. The number of carbonyl (C=O) groups is 1. The number of rotatable bonds is 5. The summed E-state index contributed by atoms with van der Waals surface area (Å²) >= 11 is 3.37. The molecule has 24 heavy (non-hydrogen) atoms. The van der Waals surface area contributed by atoms with Gasteiger partial charge in [0, 0.05) is 24.1 Å². The highest BCUT2D eigenvalue weighted by Crippen LogP contribution is 2.18. The summed E-state index contributed by atoms with van der Waals surface area (Å²) in [6.07, 6.45) is 0. The predicted octanol–water partition coefficient (Wildman–Crippen LogP) is 3.19. The van der Waals surface area contributed by atoms with E-state index in [9.17, 15) is 13.2 Å². The van der Waals surface area contributed by atoms with Gasteiger partial charge in [-0.3, -0.25) is 4.79 Å². The van der Waals surface area contributed by atoms with Crippen LogP contribution in [0.3, 0.4) is 0 Å². The van der Waals surface area contributed by atoms with Crippen molar-refractivity contribution in [3.63, 3.8) is 0 Å². The average molecular weight is 411 g/mol. The van der Waals surface area contributed by atoms with Gasteiger partial charge in [-0.1, -0.05) is 34.1 Å². The molecule has 0 saturated carbocycles. The van der Waals surface area contributed by atoms with E-state index in [-0.39, 0.29) is 16.8 Å². The molecule has 2 rings (SSSR count). The van der Waals surface area contributed by atoms with E-state index in [0.717, 1.165) is 14.3 Å². The van der Waals surface area contributed by atoms with Gasteiger partial charge in [0.1, 0.15) is 0 Å². The number of hydrogen-bond acceptors (Lipinski definition) is 3. The molecule has 2 aromatic carbocycles. The fourth-order valence-corrected chi connectivity index (χ4v) is 3.34. The third-order valence-corrected chi connectivity index (χ3v) is 5.93. The molecule has 0 aliphatic carbocycles. The Labute approximate surface area is 150 Å². The van der Waals surface area contributed by atoms with Crippen LogP contribution in [-0.2, 0) is 10.0 Å². The molecule has 1 unspecified atom stereocenters. The van der Waals surface area contributed by atoms with E-state index in [4.69, 9.17) is 0 Å². The number of benzene rings is 2. The predicted molar refractivity (Wildman–Crippen MR) is 97.3 cm³/mol. The molecule has 128 valence electrons. The Hall–Kier alpha value is -1.70. The van der Waals surface area contributed by atoms with Crippen molar-refractivity contribution in [2.24, 2.45) is 0 Å². The van der Waals surface area contributed by atoms with Crippen LogP contribution in [-0.4, -0.2) is 32.7 Å². The van der Waals surface area contributed by atoms with Gasteiger partial charge in [0.05, 0.1) is 10.9 Å². The second kappa shape index (κ2) is 7.46. The quantitative estimate of drug-likeness (QED) is 0.822. The summed E-state index contributed by atoms with van der Waals surface area (Å²) < 4.78 is 26.4. The Bertz CT molecular complexity index is 833. The van der Waals surface area contributed by atoms with E-state index in [1.54, 1.807) is 12.1 Å². The van der Waals surface area contributed by atoms with Crippen LogP contribution in [0.1, 0.15) is 28.9 Å². The van der Waals surface area contributed by atoms with Crippen LogP contribution in [0, 0.1) is 0 Å². The van der Waals surface area contributed by atoms with Crippen LogP contribution in [0.2, 0.25) is 0 Å². The molecular weight excluding hydrogens is 392 g/mol. The smallest absolute Gasteiger partial charge is 0.251 e. The minimum atomic E-state index is -3.57. The highest BCUT2D eigenvalue weighted by molar-refractivity contribution is 9.10. The minimum absolute atomic E-state index is 0.0939. The number of carbonyl (C=O) groups excluding carboxylic acids is 1. The van der Waals surface area contributed by atoms with Crippen molar-refractivity contribution in [1.29, 1.82) is 0 Å². The van der Waals surface area contributed by atoms with Crippen molar-refractivity contribution < 1.29 is 13.2 Å². The third kappa shape index (κ3) is 4.23. The molecule has 0 spiro atoms. The van der Waals surface area contributed by atoms with E-state index >= 15 is 0 Å². The average Bonchev–Trinajstić information content (AvgIpc) is 2.55. The second-order valence-corrected chi connectivity index (χ2v) is 8.63. The number of hydrogen-bond donors (Lipinski definition) is 1. The van der Waals surface area contributed by atoms with Crippen molar-refractivity contribution in [3.05, 3.63) is 64.1 Å². The van der Waals surface area contributed by atoms with E-state index < -0.39 is 10.0 Å². The van der Waals surface area contributed by atoms with Crippen molar-refractivity contribution in [1.82, 2.24) is 9.62 Å². The van der Waals surface area contributed by atoms with E-state index in [2.05, 4.69) is 21.2 Å². The van der Waals surface area contributed by atoms with Crippen LogP contribution in [0.5, 0.6) is 0 Å². The second-order valence-electron chi connectivity index (χ2n) is 5.56. The van der Waals surface area contributed by atoms with Crippen LogP contribution in [0.4, 0.5) is 0 Å². The summed E-state index contributed by atoms with van der Waals surface area (Å²) in [5.41, 5.74) is 1.27. The number of nitrogens with zero attached hydrogens (tertiary/aromatic N) is 1. The molecule has 0 fully saturated rings. The van der Waals surface area contributed by atoms with E-state index in [1.165, 1.54) is 26.2 Å². The lowest BCUT2D eigenvalue weighted by Crippen LogP contribution is -2.27. The number of amides is 1. The van der Waals surface area contributed by atoms with Gasteiger partial charge in [-0.15, -0.1) is 0 Å². The van der Waals surface area contributed by atoms with Crippen molar-refractivity contribution in [3.8, 4) is 0 Å². The molecule has 7 heteroatoms. The molecule has 5 nitrogen and oxygen atoms in total. The number of sulfonamides is 1. The summed E-state index contributed by atoms with van der Waals surface area (Å²) in [6.45, 7) is 1.88. The minimum Gasteiger partial charge on any atom is -0.346 e. The number of nitrogens with one attached hydrogen (secondary N) is 1. The molecule has 0 bridgehead atoms. The Kier molecular flexibility index (Phi) is 5.79. The third-order valence-electron chi connectivity index (χ3n) is 3.59. The first-order valence-corrected chi connectivity index (χ1v) is 9.54. The highest BCUT2D eigenvalue weighted by atomic mass is 79.9. The van der Waals surface area contributed by atoms with Crippen molar-refractivity contribution in [2.45, 2.75) is 17.9 Å². The molecule has 0 heterocycles. The van der Waals surface area contributed by atoms with Gasteiger partial charge in [-0.2, -0.15) is 0 Å². The maximum Gasteiger partial charge on any atom is 0.251 e. The molecule has 1 N–H and O–H groups in total. The van der Waals surface area contributed by atoms with Gasteiger partial charge in [-0.25, -0.2) is 12.7 Å². The van der Waals surface area contributed by atoms with E-state index in [1.807, 2.05) is 31.2 Å². The van der Waals surface area contributed by atoms with Crippen molar-refractivity contribution in [2.75, 3.05) is 14.1 Å². The first kappa shape index (κ1) is 18.6. The SMILES string of the molecule is CC(NC(=O)c1cccc(S(=O)(=O)N(C)C)c1)c1ccc(Br)cc1.